The number of nitrogens with one attached hydrogen (secondary N) is 1. The molecule has 190 valence electrons. The van der Waals surface area contributed by atoms with Gasteiger partial charge in [-0.25, -0.2) is 0 Å². The molecule has 0 aliphatic rings. The Kier molecular flexibility index (Phi) is 11.3. The molecule has 0 aliphatic carbocycles. The van der Waals surface area contributed by atoms with Gasteiger partial charge < -0.3 is 15.0 Å². The van der Waals surface area contributed by atoms with Gasteiger partial charge in [0, 0.05) is 29.0 Å². The highest BCUT2D eigenvalue weighted by atomic mass is 79.9. The van der Waals surface area contributed by atoms with Crippen LogP contribution in [0.3, 0.4) is 0 Å². The SMILES string of the molecule is CCCCNC(=O)[C@@H](Cc1ccccc1)N(Cc1ccc(Br)cc1)C(=O)COc1ccc(Cl)cc1Br. The smallest absolute Gasteiger partial charge is 0.261 e. The molecule has 8 heteroatoms. The summed E-state index contributed by atoms with van der Waals surface area (Å²) in [7, 11) is 0. The summed E-state index contributed by atoms with van der Waals surface area (Å²) in [5.41, 5.74) is 1.89. The third-order valence-corrected chi connectivity index (χ3v) is 7.00. The largest absolute Gasteiger partial charge is 0.483 e. The molecular formula is C28H29Br2ClN2O3. The van der Waals surface area contributed by atoms with Crippen molar-refractivity contribution in [2.45, 2.75) is 38.8 Å². The summed E-state index contributed by atoms with van der Waals surface area (Å²) in [4.78, 5) is 28.6. The first-order valence-electron chi connectivity index (χ1n) is 11.8. The lowest BCUT2D eigenvalue weighted by Crippen LogP contribution is -2.51. The fourth-order valence-corrected chi connectivity index (χ4v) is 4.72. The van der Waals surface area contributed by atoms with E-state index in [9.17, 15) is 9.59 Å². The van der Waals surface area contributed by atoms with E-state index in [0.717, 1.165) is 28.4 Å². The first-order chi connectivity index (χ1) is 17.4. The van der Waals surface area contributed by atoms with Crippen molar-refractivity contribution in [3.05, 3.63) is 97.9 Å². The van der Waals surface area contributed by atoms with Crippen molar-refractivity contribution < 1.29 is 14.3 Å². The minimum absolute atomic E-state index is 0.176. The second-order valence-electron chi connectivity index (χ2n) is 8.36. The Morgan fingerprint density at radius 3 is 2.39 bits per heavy atom. The zero-order valence-electron chi connectivity index (χ0n) is 20.1. The first kappa shape index (κ1) is 28.2. The average molecular weight is 637 g/mol. The number of hydrogen-bond donors (Lipinski definition) is 1. The van der Waals surface area contributed by atoms with Crippen LogP contribution < -0.4 is 10.1 Å². The summed E-state index contributed by atoms with van der Waals surface area (Å²) in [6, 6.07) is 21.9. The molecule has 0 fully saturated rings. The predicted octanol–water partition coefficient (Wildman–Crippen LogP) is 6.80. The molecule has 2 amide bonds. The van der Waals surface area contributed by atoms with Gasteiger partial charge in [0.25, 0.3) is 5.91 Å². The van der Waals surface area contributed by atoms with E-state index in [0.29, 0.717) is 28.2 Å². The molecule has 3 rings (SSSR count). The molecule has 0 radical (unpaired) electrons. The second kappa shape index (κ2) is 14.4. The van der Waals surface area contributed by atoms with Crippen LogP contribution in [0.4, 0.5) is 0 Å². The van der Waals surface area contributed by atoms with Gasteiger partial charge in [-0.2, -0.15) is 0 Å². The fraction of sp³-hybridized carbons (Fsp3) is 0.286. The van der Waals surface area contributed by atoms with Crippen LogP contribution in [0, 0.1) is 0 Å². The number of carbonyl (C=O) groups is 2. The Hall–Kier alpha value is -2.35. The Labute approximate surface area is 234 Å². The lowest BCUT2D eigenvalue weighted by molar-refractivity contribution is -0.142. The van der Waals surface area contributed by atoms with E-state index in [1.165, 1.54) is 0 Å². The number of unbranched alkanes of at least 4 members (excludes halogenated alkanes) is 1. The van der Waals surface area contributed by atoms with Gasteiger partial charge in [-0.05, 0) is 63.8 Å². The molecule has 1 atom stereocenters. The normalized spacial score (nSPS) is 11.6. The van der Waals surface area contributed by atoms with E-state index in [1.54, 1.807) is 23.1 Å². The number of hydrogen-bond acceptors (Lipinski definition) is 3. The summed E-state index contributed by atoms with van der Waals surface area (Å²) >= 11 is 12.9. The molecule has 3 aromatic carbocycles. The standard InChI is InChI=1S/C28H29Br2ClN2O3/c1-2-3-15-32-28(35)25(16-20-7-5-4-6-8-20)33(18-21-9-11-22(29)12-10-21)27(34)19-36-26-14-13-23(31)17-24(26)30/h4-14,17,25H,2-3,15-16,18-19H2,1H3,(H,32,35)/t25-/m1/s1. The number of amides is 2. The molecule has 0 saturated heterocycles. The highest BCUT2D eigenvalue weighted by Gasteiger charge is 2.30. The Balaban J connectivity index is 1.88. The van der Waals surface area contributed by atoms with Gasteiger partial charge >= 0.3 is 0 Å². The van der Waals surface area contributed by atoms with Gasteiger partial charge in [0.1, 0.15) is 11.8 Å². The molecule has 0 heterocycles. The molecule has 0 aromatic heterocycles. The maximum Gasteiger partial charge on any atom is 0.261 e. The van der Waals surface area contributed by atoms with Gasteiger partial charge in [0.15, 0.2) is 6.61 Å². The monoisotopic (exact) mass is 634 g/mol. The number of ether oxygens (including phenoxy) is 1. The van der Waals surface area contributed by atoms with Crippen LogP contribution in [0.2, 0.25) is 5.02 Å². The summed E-state index contributed by atoms with van der Waals surface area (Å²) < 4.78 is 7.43. The van der Waals surface area contributed by atoms with Crippen LogP contribution in [-0.4, -0.2) is 35.9 Å². The molecule has 3 aromatic rings. The summed E-state index contributed by atoms with van der Waals surface area (Å²) in [6.07, 6.45) is 2.23. The van der Waals surface area contributed by atoms with Gasteiger partial charge in [0.2, 0.25) is 5.91 Å². The molecule has 0 unspecified atom stereocenters. The van der Waals surface area contributed by atoms with Crippen LogP contribution in [0.15, 0.2) is 81.7 Å². The third-order valence-electron chi connectivity index (χ3n) is 5.61. The van der Waals surface area contributed by atoms with Crippen molar-refractivity contribution in [1.82, 2.24) is 10.2 Å². The predicted molar refractivity (Wildman–Crippen MR) is 151 cm³/mol. The molecule has 5 nitrogen and oxygen atoms in total. The van der Waals surface area contributed by atoms with E-state index in [1.807, 2.05) is 54.6 Å². The first-order valence-corrected chi connectivity index (χ1v) is 13.8. The van der Waals surface area contributed by atoms with E-state index in [-0.39, 0.29) is 25.0 Å². The number of benzene rings is 3. The molecule has 0 aliphatic heterocycles. The summed E-state index contributed by atoms with van der Waals surface area (Å²) in [5, 5.41) is 3.58. The molecule has 0 saturated carbocycles. The lowest BCUT2D eigenvalue weighted by atomic mass is 10.0. The average Bonchev–Trinajstić information content (AvgIpc) is 2.87. The Bertz CT molecular complexity index is 1140. The topological polar surface area (TPSA) is 58.6 Å². The number of halogens is 3. The van der Waals surface area contributed by atoms with E-state index < -0.39 is 6.04 Å². The van der Waals surface area contributed by atoms with Crippen molar-refractivity contribution in [3.8, 4) is 5.75 Å². The van der Waals surface area contributed by atoms with Crippen LogP contribution in [-0.2, 0) is 22.6 Å². The van der Waals surface area contributed by atoms with E-state index >= 15 is 0 Å². The van der Waals surface area contributed by atoms with Crippen LogP contribution in [0.1, 0.15) is 30.9 Å². The Morgan fingerprint density at radius 2 is 1.72 bits per heavy atom. The van der Waals surface area contributed by atoms with E-state index in [2.05, 4.69) is 44.1 Å². The molecule has 1 N–H and O–H groups in total. The van der Waals surface area contributed by atoms with Crippen molar-refractivity contribution >= 4 is 55.3 Å². The van der Waals surface area contributed by atoms with Gasteiger partial charge in [-0.15, -0.1) is 0 Å². The van der Waals surface area contributed by atoms with Crippen LogP contribution in [0.5, 0.6) is 5.75 Å². The van der Waals surface area contributed by atoms with Crippen molar-refractivity contribution in [1.29, 1.82) is 0 Å². The zero-order chi connectivity index (χ0) is 25.9. The minimum Gasteiger partial charge on any atom is -0.483 e. The van der Waals surface area contributed by atoms with Gasteiger partial charge in [-0.1, -0.05) is 83.3 Å². The Morgan fingerprint density at radius 1 is 1.00 bits per heavy atom. The maximum atomic E-state index is 13.6. The van der Waals surface area contributed by atoms with Gasteiger partial charge in [-0.3, -0.25) is 9.59 Å². The minimum atomic E-state index is -0.697. The molecule has 0 bridgehead atoms. The quantitative estimate of drug-likeness (QED) is 0.223. The second-order valence-corrected chi connectivity index (χ2v) is 10.6. The summed E-state index contributed by atoms with van der Waals surface area (Å²) in [6.45, 7) is 2.69. The number of nitrogens with zero attached hydrogens (tertiary/aromatic N) is 1. The number of rotatable bonds is 12. The zero-order valence-corrected chi connectivity index (χ0v) is 24.0. The van der Waals surface area contributed by atoms with E-state index in [4.69, 9.17) is 16.3 Å². The number of carbonyl (C=O) groups excluding carboxylic acids is 2. The van der Waals surface area contributed by atoms with Gasteiger partial charge in [0.05, 0.1) is 4.47 Å². The molecular weight excluding hydrogens is 608 g/mol. The third kappa shape index (κ3) is 8.64. The molecule has 36 heavy (non-hydrogen) atoms. The van der Waals surface area contributed by atoms with Crippen molar-refractivity contribution in [3.63, 3.8) is 0 Å². The highest BCUT2D eigenvalue weighted by molar-refractivity contribution is 9.10. The highest BCUT2D eigenvalue weighted by Crippen LogP contribution is 2.28. The van der Waals surface area contributed by atoms with Crippen molar-refractivity contribution in [2.75, 3.05) is 13.2 Å². The van der Waals surface area contributed by atoms with Crippen molar-refractivity contribution in [2.24, 2.45) is 0 Å². The molecule has 0 spiro atoms. The van der Waals surface area contributed by atoms with Crippen LogP contribution in [0.25, 0.3) is 0 Å². The maximum absolute atomic E-state index is 13.6. The lowest BCUT2D eigenvalue weighted by Gasteiger charge is -2.31. The van der Waals surface area contributed by atoms with Crippen LogP contribution >= 0.6 is 43.5 Å². The fourth-order valence-electron chi connectivity index (χ4n) is 3.66. The summed E-state index contributed by atoms with van der Waals surface area (Å²) in [5.74, 6) is 0.0418.